The number of nitrogens with two attached hydrogens (primary N) is 1. The third kappa shape index (κ3) is 3.63. The van der Waals surface area contributed by atoms with E-state index < -0.39 is 23.4 Å². The Morgan fingerprint density at radius 3 is 2.64 bits per heavy atom. The average Bonchev–Trinajstić information content (AvgIpc) is 2.87. The number of carboxylic acids is 1. The highest BCUT2D eigenvalue weighted by molar-refractivity contribution is 7.13. The molecule has 118 valence electrons. The predicted octanol–water partition coefficient (Wildman–Crippen LogP) is 3.17. The maximum atomic E-state index is 12.6. The van der Waals surface area contributed by atoms with Crippen LogP contribution in [0.15, 0.2) is 29.6 Å². The van der Waals surface area contributed by atoms with E-state index in [0.29, 0.717) is 11.1 Å². The molecule has 1 heterocycles. The van der Waals surface area contributed by atoms with Gasteiger partial charge < -0.3 is 10.8 Å². The molecule has 0 aliphatic carbocycles. The van der Waals surface area contributed by atoms with Crippen LogP contribution in [-0.2, 0) is 17.4 Å². The number of halogens is 3. The van der Waals surface area contributed by atoms with Crippen molar-refractivity contribution in [2.75, 3.05) is 0 Å². The molecule has 0 unspecified atom stereocenters. The highest BCUT2D eigenvalue weighted by atomic mass is 32.1. The van der Waals surface area contributed by atoms with Crippen LogP contribution in [0.25, 0.3) is 10.6 Å². The minimum atomic E-state index is -4.48. The second kappa shape index (κ2) is 5.69. The molecule has 0 fully saturated rings. The van der Waals surface area contributed by atoms with Gasteiger partial charge in [0.1, 0.15) is 10.5 Å². The Morgan fingerprint density at radius 2 is 2.09 bits per heavy atom. The molecule has 8 heteroatoms. The van der Waals surface area contributed by atoms with Crippen molar-refractivity contribution in [3.8, 4) is 10.6 Å². The van der Waals surface area contributed by atoms with E-state index in [0.717, 1.165) is 16.7 Å². The van der Waals surface area contributed by atoms with E-state index >= 15 is 0 Å². The average molecular weight is 330 g/mol. The minimum absolute atomic E-state index is 0.0632. The van der Waals surface area contributed by atoms with E-state index in [9.17, 15) is 18.0 Å². The van der Waals surface area contributed by atoms with Crippen LogP contribution in [0, 0.1) is 0 Å². The largest absolute Gasteiger partial charge is 0.480 e. The molecule has 0 aliphatic heterocycles. The number of carbonyl (C=O) groups is 1. The smallest absolute Gasteiger partial charge is 0.434 e. The number of aliphatic carboxylic acids is 1. The summed E-state index contributed by atoms with van der Waals surface area (Å²) < 4.78 is 37.7. The molecule has 4 nitrogen and oxygen atoms in total. The molecule has 0 bridgehead atoms. The Kier molecular flexibility index (Phi) is 4.25. The Hall–Kier alpha value is -1.93. The number of nitrogens with zero attached hydrogens (tertiary/aromatic N) is 1. The number of thiazole rings is 1. The zero-order valence-electron chi connectivity index (χ0n) is 11.5. The standard InChI is InChI=1S/C14H13F3N2O2S/c1-13(18,12(20)21)6-8-3-2-4-9(5-8)11-19-10(7-22-11)14(15,16)17/h2-5,7H,6,18H2,1H3,(H,20,21)/t13-/m1/s1. The second-order valence-electron chi connectivity index (χ2n) is 5.14. The summed E-state index contributed by atoms with van der Waals surface area (Å²) in [6, 6.07) is 6.54. The normalized spacial score (nSPS) is 14.6. The number of aromatic nitrogens is 1. The number of hydrogen-bond donors (Lipinski definition) is 2. The van der Waals surface area contributed by atoms with Gasteiger partial charge in [-0.2, -0.15) is 13.2 Å². The van der Waals surface area contributed by atoms with Crippen molar-refractivity contribution in [1.82, 2.24) is 4.98 Å². The summed E-state index contributed by atoms with van der Waals surface area (Å²) in [4.78, 5) is 14.6. The summed E-state index contributed by atoms with van der Waals surface area (Å²) in [6.07, 6.45) is -4.42. The lowest BCUT2D eigenvalue weighted by atomic mass is 9.93. The van der Waals surface area contributed by atoms with Gasteiger partial charge in [-0.1, -0.05) is 18.2 Å². The molecular weight excluding hydrogens is 317 g/mol. The van der Waals surface area contributed by atoms with Crippen LogP contribution in [-0.4, -0.2) is 21.6 Å². The summed E-state index contributed by atoms with van der Waals surface area (Å²) >= 11 is 0.884. The van der Waals surface area contributed by atoms with Gasteiger partial charge >= 0.3 is 12.1 Å². The van der Waals surface area contributed by atoms with E-state index in [2.05, 4.69) is 4.98 Å². The van der Waals surface area contributed by atoms with Gasteiger partial charge in [-0.15, -0.1) is 11.3 Å². The van der Waals surface area contributed by atoms with Gasteiger partial charge in [-0.05, 0) is 18.6 Å². The summed E-state index contributed by atoms with van der Waals surface area (Å²) in [6.45, 7) is 1.38. The van der Waals surface area contributed by atoms with Crippen molar-refractivity contribution in [2.24, 2.45) is 5.73 Å². The molecule has 0 amide bonds. The van der Waals surface area contributed by atoms with Crippen LogP contribution in [0.4, 0.5) is 13.2 Å². The summed E-state index contributed by atoms with van der Waals surface area (Å²) in [5.74, 6) is -1.15. The summed E-state index contributed by atoms with van der Waals surface area (Å²) in [7, 11) is 0. The number of benzene rings is 1. The van der Waals surface area contributed by atoms with Gasteiger partial charge in [0.15, 0.2) is 5.69 Å². The van der Waals surface area contributed by atoms with E-state index in [1.807, 2.05) is 0 Å². The highest BCUT2D eigenvalue weighted by Gasteiger charge is 2.34. The fourth-order valence-corrected chi connectivity index (χ4v) is 2.67. The van der Waals surface area contributed by atoms with Crippen molar-refractivity contribution in [3.63, 3.8) is 0 Å². The van der Waals surface area contributed by atoms with Gasteiger partial charge in [0.05, 0.1) is 0 Å². The first kappa shape index (κ1) is 16.4. The first-order chi connectivity index (χ1) is 10.1. The number of hydrogen-bond acceptors (Lipinski definition) is 4. The van der Waals surface area contributed by atoms with Crippen molar-refractivity contribution in [3.05, 3.63) is 40.9 Å². The maximum absolute atomic E-state index is 12.6. The van der Waals surface area contributed by atoms with E-state index in [-0.39, 0.29) is 11.4 Å². The lowest BCUT2D eigenvalue weighted by molar-refractivity contribution is -0.142. The van der Waals surface area contributed by atoms with Crippen LogP contribution in [0.5, 0.6) is 0 Å². The van der Waals surface area contributed by atoms with Crippen LogP contribution in [0.2, 0.25) is 0 Å². The van der Waals surface area contributed by atoms with Crippen molar-refractivity contribution in [1.29, 1.82) is 0 Å². The van der Waals surface area contributed by atoms with Crippen molar-refractivity contribution >= 4 is 17.3 Å². The zero-order chi connectivity index (χ0) is 16.5. The Morgan fingerprint density at radius 1 is 1.41 bits per heavy atom. The molecule has 0 spiro atoms. The quantitative estimate of drug-likeness (QED) is 0.903. The lowest BCUT2D eigenvalue weighted by Gasteiger charge is -2.19. The van der Waals surface area contributed by atoms with Gasteiger partial charge in [0.25, 0.3) is 0 Å². The third-order valence-corrected chi connectivity index (χ3v) is 3.92. The van der Waals surface area contributed by atoms with E-state index in [1.165, 1.54) is 6.92 Å². The minimum Gasteiger partial charge on any atom is -0.480 e. The van der Waals surface area contributed by atoms with E-state index in [4.69, 9.17) is 10.8 Å². The molecule has 1 aromatic carbocycles. The Balaban J connectivity index is 2.29. The summed E-state index contributed by atoms with van der Waals surface area (Å²) in [5.41, 5.74) is 4.41. The monoisotopic (exact) mass is 330 g/mol. The highest BCUT2D eigenvalue weighted by Crippen LogP contribution is 2.33. The fourth-order valence-electron chi connectivity index (χ4n) is 1.85. The van der Waals surface area contributed by atoms with Crippen molar-refractivity contribution in [2.45, 2.75) is 25.1 Å². The lowest BCUT2D eigenvalue weighted by Crippen LogP contribution is -2.46. The molecule has 3 N–H and O–H groups in total. The van der Waals surface area contributed by atoms with Crippen molar-refractivity contribution < 1.29 is 23.1 Å². The van der Waals surface area contributed by atoms with Gasteiger partial charge in [0, 0.05) is 17.4 Å². The molecule has 0 saturated carbocycles. The summed E-state index contributed by atoms with van der Waals surface area (Å²) in [5, 5.41) is 10.2. The second-order valence-corrected chi connectivity index (χ2v) is 5.99. The SMILES string of the molecule is C[C@@](N)(Cc1cccc(-c2nc(C(F)(F)F)cs2)c1)C(=O)O. The molecule has 22 heavy (non-hydrogen) atoms. The van der Waals surface area contributed by atoms with Gasteiger partial charge in [0.2, 0.25) is 0 Å². The van der Waals surface area contributed by atoms with Crippen LogP contribution < -0.4 is 5.73 Å². The molecule has 0 aliphatic rings. The molecule has 2 rings (SSSR count). The Labute approximate surface area is 128 Å². The molecule has 0 radical (unpaired) electrons. The Bertz CT molecular complexity index is 695. The van der Waals surface area contributed by atoms with E-state index in [1.54, 1.807) is 24.3 Å². The molecular formula is C14H13F3N2O2S. The fraction of sp³-hybridized carbons (Fsp3) is 0.286. The third-order valence-electron chi connectivity index (χ3n) is 3.03. The number of alkyl halides is 3. The van der Waals surface area contributed by atoms with Crippen LogP contribution >= 0.6 is 11.3 Å². The van der Waals surface area contributed by atoms with Gasteiger partial charge in [-0.3, -0.25) is 4.79 Å². The molecule has 1 atom stereocenters. The topological polar surface area (TPSA) is 76.2 Å². The first-order valence-electron chi connectivity index (χ1n) is 6.24. The van der Waals surface area contributed by atoms with Gasteiger partial charge in [-0.25, -0.2) is 4.98 Å². The number of carboxylic acid groups (broad SMARTS) is 1. The first-order valence-corrected chi connectivity index (χ1v) is 7.12. The molecule has 0 saturated heterocycles. The molecule has 2 aromatic rings. The predicted molar refractivity (Wildman–Crippen MR) is 76.5 cm³/mol. The zero-order valence-corrected chi connectivity index (χ0v) is 12.3. The molecule has 1 aromatic heterocycles. The maximum Gasteiger partial charge on any atom is 0.434 e. The van der Waals surface area contributed by atoms with Crippen LogP contribution in [0.3, 0.4) is 0 Å². The number of rotatable bonds is 4. The van der Waals surface area contributed by atoms with Crippen LogP contribution in [0.1, 0.15) is 18.2 Å².